The molecule has 0 fully saturated rings. The second-order valence-corrected chi connectivity index (χ2v) is 7.23. The topological polar surface area (TPSA) is 78.5 Å². The van der Waals surface area contributed by atoms with E-state index in [0.29, 0.717) is 33.8 Å². The molecule has 4 aromatic heterocycles. The molecule has 4 heterocycles. The van der Waals surface area contributed by atoms with E-state index in [1.54, 1.807) is 49.1 Å². The van der Waals surface area contributed by atoms with Gasteiger partial charge in [-0.1, -0.05) is 0 Å². The smallest absolute Gasteiger partial charge is 0.308 e. The Morgan fingerprint density at radius 2 is 1.61 bits per heavy atom. The normalized spacial score (nSPS) is 11.7. The van der Waals surface area contributed by atoms with Crippen LogP contribution in [0.15, 0.2) is 84.2 Å². The minimum Gasteiger partial charge on any atom is -0.308 e. The highest BCUT2D eigenvalue weighted by Crippen LogP contribution is 2.31. The van der Waals surface area contributed by atoms with Crippen LogP contribution in [0.1, 0.15) is 11.4 Å². The summed E-state index contributed by atoms with van der Waals surface area (Å²) in [6.45, 7) is 0.224. The summed E-state index contributed by atoms with van der Waals surface area (Å²) in [5.74, 6) is 0.508. The number of nitrogens with zero attached hydrogens (tertiary/aromatic N) is 6. The standard InChI is InChI=1S/C23H15F3N6O/c24-23(25,26)16-4-6-17(7-5-16)32-22-18(3-1-9-29-22)21(30-32)15-8-12-31(20(33)13-15)14-19-27-10-2-11-28-19/h1-13H,14H2. The van der Waals surface area contributed by atoms with Crippen molar-refractivity contribution in [2.24, 2.45) is 0 Å². The quantitative estimate of drug-likeness (QED) is 0.414. The first-order valence-electron chi connectivity index (χ1n) is 9.88. The third-order valence-electron chi connectivity index (χ3n) is 5.08. The zero-order chi connectivity index (χ0) is 23.0. The van der Waals surface area contributed by atoms with Crippen molar-refractivity contribution >= 4 is 11.0 Å². The molecule has 5 rings (SSSR count). The summed E-state index contributed by atoms with van der Waals surface area (Å²) in [6, 6.07) is 13.1. The summed E-state index contributed by atoms with van der Waals surface area (Å²) < 4.78 is 41.7. The van der Waals surface area contributed by atoms with Crippen LogP contribution >= 0.6 is 0 Å². The van der Waals surface area contributed by atoms with Gasteiger partial charge in [0.1, 0.15) is 11.5 Å². The molecule has 0 bridgehead atoms. The molecule has 0 aliphatic carbocycles. The lowest BCUT2D eigenvalue weighted by Crippen LogP contribution is -2.20. The van der Waals surface area contributed by atoms with Gasteiger partial charge in [0.05, 0.1) is 17.8 Å². The number of pyridine rings is 2. The number of halogens is 3. The highest BCUT2D eigenvalue weighted by atomic mass is 19.4. The molecule has 33 heavy (non-hydrogen) atoms. The minimum atomic E-state index is -4.43. The summed E-state index contributed by atoms with van der Waals surface area (Å²) in [5, 5.41) is 5.24. The van der Waals surface area contributed by atoms with Crippen molar-refractivity contribution in [3.63, 3.8) is 0 Å². The lowest BCUT2D eigenvalue weighted by atomic mass is 10.1. The third-order valence-corrected chi connectivity index (χ3v) is 5.08. The molecule has 0 saturated heterocycles. The molecule has 0 saturated carbocycles. The van der Waals surface area contributed by atoms with Gasteiger partial charge in [0.2, 0.25) is 0 Å². The molecule has 0 unspecified atom stereocenters. The van der Waals surface area contributed by atoms with Crippen molar-refractivity contribution in [2.75, 3.05) is 0 Å². The van der Waals surface area contributed by atoms with Gasteiger partial charge in [-0.25, -0.2) is 19.6 Å². The Morgan fingerprint density at radius 3 is 2.30 bits per heavy atom. The largest absolute Gasteiger partial charge is 0.416 e. The summed E-state index contributed by atoms with van der Waals surface area (Å²) in [5.41, 5.74) is 0.941. The van der Waals surface area contributed by atoms with Gasteiger partial charge in [-0.05, 0) is 48.5 Å². The van der Waals surface area contributed by atoms with Crippen molar-refractivity contribution in [1.29, 1.82) is 0 Å². The highest BCUT2D eigenvalue weighted by molar-refractivity contribution is 5.91. The fourth-order valence-corrected chi connectivity index (χ4v) is 3.49. The Labute approximate surface area is 184 Å². The first-order chi connectivity index (χ1) is 15.9. The lowest BCUT2D eigenvalue weighted by Gasteiger charge is -2.08. The fourth-order valence-electron chi connectivity index (χ4n) is 3.49. The van der Waals surface area contributed by atoms with Gasteiger partial charge in [0, 0.05) is 41.8 Å². The molecule has 164 valence electrons. The van der Waals surface area contributed by atoms with Crippen LogP contribution < -0.4 is 5.56 Å². The molecule has 0 aliphatic heterocycles. The molecule has 0 N–H and O–H groups in total. The molecule has 10 heteroatoms. The van der Waals surface area contributed by atoms with Crippen molar-refractivity contribution in [2.45, 2.75) is 12.7 Å². The van der Waals surface area contributed by atoms with Gasteiger partial charge in [0.15, 0.2) is 5.65 Å². The van der Waals surface area contributed by atoms with E-state index in [1.165, 1.54) is 27.4 Å². The van der Waals surface area contributed by atoms with E-state index in [9.17, 15) is 18.0 Å². The van der Waals surface area contributed by atoms with Crippen molar-refractivity contribution in [3.8, 4) is 16.9 Å². The number of hydrogen-bond acceptors (Lipinski definition) is 5. The number of fused-ring (bicyclic) bond motifs is 1. The maximum atomic E-state index is 12.9. The Kier molecular flexibility index (Phi) is 4.97. The third kappa shape index (κ3) is 3.98. The molecule has 7 nitrogen and oxygen atoms in total. The van der Waals surface area contributed by atoms with Gasteiger partial charge >= 0.3 is 6.18 Å². The molecule has 0 amide bonds. The fraction of sp³-hybridized carbons (Fsp3) is 0.0870. The maximum Gasteiger partial charge on any atom is 0.416 e. The van der Waals surface area contributed by atoms with Crippen molar-refractivity contribution in [3.05, 3.63) is 101 Å². The summed E-state index contributed by atoms with van der Waals surface area (Å²) in [6.07, 6.45) is 1.99. The number of hydrogen-bond donors (Lipinski definition) is 0. The van der Waals surface area contributed by atoms with Gasteiger partial charge in [-0.2, -0.15) is 18.3 Å². The Bertz CT molecular complexity index is 1490. The van der Waals surface area contributed by atoms with E-state index in [-0.39, 0.29) is 12.1 Å². The number of rotatable bonds is 4. The monoisotopic (exact) mass is 448 g/mol. The maximum absolute atomic E-state index is 12.9. The molecular weight excluding hydrogens is 433 g/mol. The molecule has 5 aromatic rings. The Morgan fingerprint density at radius 1 is 0.879 bits per heavy atom. The Balaban J connectivity index is 1.56. The van der Waals surface area contributed by atoms with Gasteiger partial charge in [-0.3, -0.25) is 4.79 Å². The zero-order valence-corrected chi connectivity index (χ0v) is 16.9. The van der Waals surface area contributed by atoms with Crippen LogP contribution in [0, 0.1) is 0 Å². The first-order valence-corrected chi connectivity index (χ1v) is 9.88. The van der Waals surface area contributed by atoms with Gasteiger partial charge in [0.25, 0.3) is 5.56 Å². The van der Waals surface area contributed by atoms with Crippen molar-refractivity contribution in [1.82, 2.24) is 29.3 Å². The number of benzene rings is 1. The average molecular weight is 448 g/mol. The summed E-state index contributed by atoms with van der Waals surface area (Å²) >= 11 is 0. The number of alkyl halides is 3. The SMILES string of the molecule is O=c1cc(-c2nn(-c3ccc(C(F)(F)F)cc3)c3ncccc23)ccn1Cc1ncccn1. The lowest BCUT2D eigenvalue weighted by molar-refractivity contribution is -0.137. The van der Waals surface area contributed by atoms with Crippen LogP contribution in [-0.2, 0) is 12.7 Å². The molecule has 0 atom stereocenters. The molecular formula is C23H15F3N6O. The van der Waals surface area contributed by atoms with Crippen molar-refractivity contribution < 1.29 is 13.2 Å². The van der Waals surface area contributed by atoms with E-state index >= 15 is 0 Å². The molecule has 1 aromatic carbocycles. The predicted molar refractivity (Wildman–Crippen MR) is 115 cm³/mol. The second-order valence-electron chi connectivity index (χ2n) is 7.23. The summed E-state index contributed by atoms with van der Waals surface area (Å²) in [7, 11) is 0. The second kappa shape index (κ2) is 7.97. The molecule has 0 radical (unpaired) electrons. The van der Waals surface area contributed by atoms with E-state index < -0.39 is 11.7 Å². The predicted octanol–water partition coefficient (Wildman–Crippen LogP) is 4.11. The summed E-state index contributed by atoms with van der Waals surface area (Å²) in [4.78, 5) is 25.3. The average Bonchev–Trinajstić information content (AvgIpc) is 3.20. The minimum absolute atomic E-state index is 0.224. The van der Waals surface area contributed by atoms with Gasteiger partial charge < -0.3 is 4.57 Å². The molecule has 0 aliphatic rings. The van der Waals surface area contributed by atoms with Crippen LogP contribution in [0.2, 0.25) is 0 Å². The van der Waals surface area contributed by atoms with E-state index in [0.717, 1.165) is 12.1 Å². The first kappa shape index (κ1) is 20.6. The van der Waals surface area contributed by atoms with Gasteiger partial charge in [-0.15, -0.1) is 0 Å². The van der Waals surface area contributed by atoms with E-state index in [4.69, 9.17) is 0 Å². The zero-order valence-electron chi connectivity index (χ0n) is 16.9. The van der Waals surface area contributed by atoms with Crippen LogP contribution in [0.25, 0.3) is 28.0 Å². The van der Waals surface area contributed by atoms with E-state index in [1.807, 2.05) is 0 Å². The van der Waals surface area contributed by atoms with Crippen LogP contribution in [0.5, 0.6) is 0 Å². The molecule has 0 spiro atoms. The number of aromatic nitrogens is 6. The van der Waals surface area contributed by atoms with E-state index in [2.05, 4.69) is 20.1 Å². The van der Waals surface area contributed by atoms with Crippen LogP contribution in [0.3, 0.4) is 0 Å². The highest BCUT2D eigenvalue weighted by Gasteiger charge is 2.30. The Hall–Kier alpha value is -4.34. The van der Waals surface area contributed by atoms with Crippen LogP contribution in [0.4, 0.5) is 13.2 Å². The van der Waals surface area contributed by atoms with Crippen LogP contribution in [-0.4, -0.2) is 29.3 Å².